The summed E-state index contributed by atoms with van der Waals surface area (Å²) < 4.78 is 6.36. The predicted octanol–water partition coefficient (Wildman–Crippen LogP) is 16.8. The topological polar surface area (TPSA) is 19.6 Å². The molecule has 1 fully saturated rings. The number of furan rings is 1. The van der Waals surface area contributed by atoms with Crippen LogP contribution < -0.4 is 9.80 Å². The molecule has 1 aliphatic carbocycles. The molecule has 8 aromatic rings. The number of nitrogens with zero attached hydrogens (tertiary/aromatic N) is 2. The van der Waals surface area contributed by atoms with Crippen molar-refractivity contribution in [2.45, 2.75) is 89.4 Å². The van der Waals surface area contributed by atoms with E-state index in [1.165, 1.54) is 85.1 Å². The Morgan fingerprint density at radius 3 is 1.63 bits per heavy atom. The zero-order valence-electron chi connectivity index (χ0n) is 34.7. The van der Waals surface area contributed by atoms with Crippen LogP contribution in [-0.2, 0) is 5.41 Å². The van der Waals surface area contributed by atoms with E-state index in [1.807, 2.05) is 6.07 Å². The number of unbranched alkanes of at least 4 members (excludes halogenated alkanes) is 2. The Bertz CT molecular complexity index is 2570. The first-order chi connectivity index (χ1) is 29.2. The molecule has 0 N–H and O–H groups in total. The number of hydrogen-bond donors (Lipinski definition) is 0. The third-order valence-corrected chi connectivity index (χ3v) is 13.0. The molecular weight excluding hydrogens is 717 g/mol. The van der Waals surface area contributed by atoms with E-state index in [0.717, 1.165) is 51.8 Å². The van der Waals surface area contributed by atoms with Crippen LogP contribution in [-0.4, -0.2) is 0 Å². The quantitative estimate of drug-likeness (QED) is 0.103. The van der Waals surface area contributed by atoms with Crippen molar-refractivity contribution in [3.05, 3.63) is 193 Å². The average Bonchev–Trinajstić information content (AvgIpc) is 3.70. The highest BCUT2D eigenvalue weighted by molar-refractivity contribution is 6.13. The summed E-state index contributed by atoms with van der Waals surface area (Å²) in [5.41, 5.74) is 12.8. The second-order valence-corrected chi connectivity index (χ2v) is 16.5. The number of hydrogen-bond acceptors (Lipinski definition) is 3. The highest BCUT2D eigenvalue weighted by Crippen LogP contribution is 2.46. The van der Waals surface area contributed by atoms with Crippen molar-refractivity contribution >= 4 is 56.1 Å². The summed E-state index contributed by atoms with van der Waals surface area (Å²) in [4.78, 5) is 4.79. The van der Waals surface area contributed by atoms with Gasteiger partial charge >= 0.3 is 0 Å². The van der Waals surface area contributed by atoms with Gasteiger partial charge in [0, 0.05) is 39.2 Å². The Hall–Kier alpha value is -6.06. The lowest BCUT2D eigenvalue weighted by Gasteiger charge is -2.36. The molecule has 1 unspecified atom stereocenters. The van der Waals surface area contributed by atoms with Crippen LogP contribution in [0.4, 0.5) is 34.1 Å². The largest absolute Gasteiger partial charge is 0.456 e. The van der Waals surface area contributed by atoms with Gasteiger partial charge in [0.15, 0.2) is 0 Å². The van der Waals surface area contributed by atoms with Crippen LogP contribution in [0.3, 0.4) is 0 Å². The van der Waals surface area contributed by atoms with Crippen molar-refractivity contribution in [1.29, 1.82) is 0 Å². The summed E-state index contributed by atoms with van der Waals surface area (Å²) in [7, 11) is 0. The lowest BCUT2D eigenvalue weighted by Crippen LogP contribution is -2.27. The first-order valence-corrected chi connectivity index (χ1v) is 22.1. The monoisotopic (exact) mass is 772 g/mol. The zero-order chi connectivity index (χ0) is 40.0. The molecule has 7 aromatic carbocycles. The second-order valence-electron chi connectivity index (χ2n) is 16.5. The van der Waals surface area contributed by atoms with Gasteiger partial charge in [-0.05, 0) is 127 Å². The van der Waals surface area contributed by atoms with Crippen molar-refractivity contribution in [1.82, 2.24) is 0 Å². The normalized spacial score (nSPS) is 14.3. The number of para-hydroxylation sites is 3. The van der Waals surface area contributed by atoms with E-state index in [-0.39, 0.29) is 5.41 Å². The molecule has 0 saturated heterocycles. The third-order valence-electron chi connectivity index (χ3n) is 13.0. The molecule has 9 rings (SSSR count). The van der Waals surface area contributed by atoms with Gasteiger partial charge in [0.2, 0.25) is 0 Å². The maximum Gasteiger partial charge on any atom is 0.137 e. The molecule has 0 amide bonds. The predicted molar refractivity (Wildman–Crippen MR) is 251 cm³/mol. The molecule has 1 heterocycles. The maximum absolute atomic E-state index is 6.36. The fraction of sp³-hybridized carbons (Fsp3) is 0.250. The summed E-state index contributed by atoms with van der Waals surface area (Å²) in [6.45, 7) is 4.68. The van der Waals surface area contributed by atoms with Crippen LogP contribution in [0.25, 0.3) is 21.9 Å². The molecular formula is C56H56N2O. The number of anilines is 6. The van der Waals surface area contributed by atoms with Gasteiger partial charge in [-0.1, -0.05) is 149 Å². The Balaban J connectivity index is 1.09. The molecule has 3 heteroatoms. The van der Waals surface area contributed by atoms with Crippen molar-refractivity contribution in [3.8, 4) is 0 Å². The van der Waals surface area contributed by atoms with Crippen LogP contribution >= 0.6 is 0 Å². The summed E-state index contributed by atoms with van der Waals surface area (Å²) in [5.74, 6) is 0.693. The van der Waals surface area contributed by atoms with Gasteiger partial charge in [0.1, 0.15) is 11.2 Å². The number of benzene rings is 7. The minimum Gasteiger partial charge on any atom is -0.456 e. The van der Waals surface area contributed by atoms with E-state index in [4.69, 9.17) is 4.42 Å². The average molecular weight is 773 g/mol. The van der Waals surface area contributed by atoms with Gasteiger partial charge in [-0.25, -0.2) is 0 Å². The highest BCUT2D eigenvalue weighted by Gasteiger charge is 2.33. The number of rotatable bonds is 14. The molecule has 59 heavy (non-hydrogen) atoms. The number of fused-ring (bicyclic) bond motifs is 3. The van der Waals surface area contributed by atoms with Gasteiger partial charge in [-0.3, -0.25) is 0 Å². The van der Waals surface area contributed by atoms with Crippen LogP contribution in [0.5, 0.6) is 0 Å². The van der Waals surface area contributed by atoms with Crippen molar-refractivity contribution in [2.75, 3.05) is 9.80 Å². The minimum atomic E-state index is -0.121. The SMILES string of the molecule is CCCCCC(CC)(c1ccc(N(c2ccccc2)c2ccc(C3CCCCC3)cc2)cc1)c1ccc(N(c2ccccc2)c2cccc3oc4ccccc4c23)cc1. The van der Waals surface area contributed by atoms with Gasteiger partial charge < -0.3 is 14.2 Å². The first-order valence-electron chi connectivity index (χ1n) is 22.1. The lowest BCUT2D eigenvalue weighted by molar-refractivity contribution is 0.431. The van der Waals surface area contributed by atoms with Crippen LogP contribution in [0.2, 0.25) is 0 Å². The molecule has 1 aromatic heterocycles. The smallest absolute Gasteiger partial charge is 0.137 e. The molecule has 0 bridgehead atoms. The molecule has 0 aliphatic heterocycles. The Morgan fingerprint density at radius 1 is 0.492 bits per heavy atom. The van der Waals surface area contributed by atoms with E-state index in [9.17, 15) is 0 Å². The Labute approximate surface area is 350 Å². The molecule has 0 spiro atoms. The van der Waals surface area contributed by atoms with Crippen LogP contribution in [0.15, 0.2) is 180 Å². The fourth-order valence-corrected chi connectivity index (χ4v) is 9.88. The minimum absolute atomic E-state index is 0.121. The molecule has 1 atom stereocenters. The van der Waals surface area contributed by atoms with E-state index in [2.05, 4.69) is 194 Å². The summed E-state index contributed by atoms with van der Waals surface area (Å²) in [6.07, 6.45) is 12.4. The van der Waals surface area contributed by atoms with Gasteiger partial charge in [-0.15, -0.1) is 0 Å². The molecule has 3 nitrogen and oxygen atoms in total. The fourth-order valence-electron chi connectivity index (χ4n) is 9.88. The van der Waals surface area contributed by atoms with Gasteiger partial charge in [0.05, 0.1) is 11.1 Å². The summed E-state index contributed by atoms with van der Waals surface area (Å²) in [6, 6.07) is 64.7. The van der Waals surface area contributed by atoms with Gasteiger partial charge in [0.25, 0.3) is 0 Å². The summed E-state index contributed by atoms with van der Waals surface area (Å²) in [5, 5.41) is 2.26. The summed E-state index contributed by atoms with van der Waals surface area (Å²) >= 11 is 0. The van der Waals surface area contributed by atoms with Crippen LogP contribution in [0, 0.1) is 0 Å². The zero-order valence-corrected chi connectivity index (χ0v) is 34.7. The Morgan fingerprint density at radius 2 is 1.02 bits per heavy atom. The van der Waals surface area contributed by atoms with Crippen molar-refractivity contribution in [3.63, 3.8) is 0 Å². The first kappa shape index (κ1) is 38.5. The molecule has 1 saturated carbocycles. The van der Waals surface area contributed by atoms with E-state index < -0.39 is 0 Å². The molecule has 296 valence electrons. The van der Waals surface area contributed by atoms with Crippen LogP contribution in [0.1, 0.15) is 101 Å². The van der Waals surface area contributed by atoms with E-state index in [1.54, 1.807) is 0 Å². The van der Waals surface area contributed by atoms with Crippen molar-refractivity contribution < 1.29 is 4.42 Å². The Kier molecular flexibility index (Phi) is 11.4. The van der Waals surface area contributed by atoms with E-state index >= 15 is 0 Å². The second kappa shape index (κ2) is 17.4. The standard InChI is InChI=1S/C56H56N2O/c1-3-5-17-41-56(4-2,44-31-37-49(38-32-44)57(46-21-11-7-12-22-46)48-35-29-43(30-36-48)42-19-9-6-10-20-42)45-33-39-50(40-34-45)58(47-23-13-8-14-24-47)52-26-18-28-54-55(52)51-25-15-16-27-53(51)59-54/h7-8,11-16,18,21-40,42H,3-6,9-10,17,19-20,41H2,1-2H3. The van der Waals surface area contributed by atoms with Crippen molar-refractivity contribution in [2.24, 2.45) is 0 Å². The van der Waals surface area contributed by atoms with Gasteiger partial charge in [-0.2, -0.15) is 0 Å². The van der Waals surface area contributed by atoms with E-state index in [0.29, 0.717) is 5.92 Å². The maximum atomic E-state index is 6.36. The molecule has 1 aliphatic rings. The third kappa shape index (κ3) is 7.67. The highest BCUT2D eigenvalue weighted by atomic mass is 16.3. The lowest BCUT2D eigenvalue weighted by atomic mass is 9.69. The molecule has 0 radical (unpaired) electrons.